The van der Waals surface area contributed by atoms with Gasteiger partial charge < -0.3 is 10.4 Å². The van der Waals surface area contributed by atoms with Gasteiger partial charge in [0.15, 0.2) is 5.11 Å². The van der Waals surface area contributed by atoms with Crippen molar-refractivity contribution in [2.45, 2.75) is 6.04 Å². The van der Waals surface area contributed by atoms with Gasteiger partial charge in [-0.3, -0.25) is 9.69 Å². The van der Waals surface area contributed by atoms with Crippen LogP contribution in [-0.2, 0) is 4.79 Å². The lowest BCUT2D eigenvalue weighted by Crippen LogP contribution is -2.34. The van der Waals surface area contributed by atoms with E-state index < -0.39 is 12.7 Å². The Morgan fingerprint density at radius 2 is 2.42 bits per heavy atom. The van der Waals surface area contributed by atoms with E-state index in [0.717, 1.165) is 4.90 Å². The number of nitrogens with one attached hydrogen (secondary N) is 1. The minimum Gasteiger partial charge on any atom is -0.394 e. The Balaban J connectivity index is 2.64. The third kappa shape index (κ3) is 1.54. The third-order valence-corrected chi connectivity index (χ3v) is 1.94. The van der Waals surface area contributed by atoms with Crippen molar-refractivity contribution >= 4 is 23.2 Å². The quantitative estimate of drug-likeness (QED) is 0.565. The molecular formula is C6H9FN2O2S. The average molecular weight is 192 g/mol. The maximum Gasteiger partial charge on any atom is 0.253 e. The van der Waals surface area contributed by atoms with Crippen LogP contribution in [0.1, 0.15) is 0 Å². The fourth-order valence-electron chi connectivity index (χ4n) is 0.997. The maximum absolute atomic E-state index is 11.9. The molecule has 0 aromatic carbocycles. The molecule has 0 bridgehead atoms. The number of hydrogen-bond donors (Lipinski definition) is 2. The molecule has 1 fully saturated rings. The second-order valence-electron chi connectivity index (χ2n) is 2.36. The molecule has 0 radical (unpaired) electrons. The number of carbonyl (C=O) groups excluding carboxylic acids is 1. The lowest BCUT2D eigenvalue weighted by atomic mass is 10.3. The number of halogens is 1. The maximum atomic E-state index is 11.9. The summed E-state index contributed by atoms with van der Waals surface area (Å²) < 4.78 is 11.9. The summed E-state index contributed by atoms with van der Waals surface area (Å²) in [5, 5.41) is 11.4. The molecule has 1 rings (SSSR count). The van der Waals surface area contributed by atoms with Crippen LogP contribution >= 0.6 is 12.2 Å². The monoisotopic (exact) mass is 192 g/mol. The van der Waals surface area contributed by atoms with Crippen LogP contribution in [0.25, 0.3) is 0 Å². The predicted octanol–water partition coefficient (Wildman–Crippen LogP) is -0.966. The fourth-order valence-corrected chi connectivity index (χ4v) is 1.32. The van der Waals surface area contributed by atoms with Crippen LogP contribution in [0.15, 0.2) is 0 Å². The summed E-state index contributed by atoms with van der Waals surface area (Å²) in [6.07, 6.45) is 0. The van der Waals surface area contributed by atoms with Crippen molar-refractivity contribution in [2.75, 3.05) is 19.8 Å². The van der Waals surface area contributed by atoms with Crippen LogP contribution in [0.5, 0.6) is 0 Å². The van der Waals surface area contributed by atoms with E-state index >= 15 is 0 Å². The van der Waals surface area contributed by atoms with E-state index in [1.54, 1.807) is 0 Å². The predicted molar refractivity (Wildman–Crippen MR) is 44.3 cm³/mol. The molecule has 68 valence electrons. The van der Waals surface area contributed by atoms with Crippen LogP contribution in [0.3, 0.4) is 0 Å². The average Bonchev–Trinajstić information content (AvgIpc) is 2.32. The van der Waals surface area contributed by atoms with Gasteiger partial charge in [0.2, 0.25) is 0 Å². The van der Waals surface area contributed by atoms with Gasteiger partial charge in [-0.15, -0.1) is 0 Å². The first-order valence-corrected chi connectivity index (χ1v) is 3.90. The number of aliphatic hydroxyl groups excluding tert-OH is 1. The van der Waals surface area contributed by atoms with Gasteiger partial charge in [0.05, 0.1) is 13.2 Å². The Labute approximate surface area is 74.3 Å². The molecule has 1 aliphatic heterocycles. The van der Waals surface area contributed by atoms with Gasteiger partial charge >= 0.3 is 0 Å². The molecule has 1 heterocycles. The highest BCUT2D eigenvalue weighted by Crippen LogP contribution is 2.05. The molecule has 0 spiro atoms. The highest BCUT2D eigenvalue weighted by atomic mass is 32.1. The van der Waals surface area contributed by atoms with E-state index in [1.807, 2.05) is 0 Å². The smallest absolute Gasteiger partial charge is 0.253 e. The van der Waals surface area contributed by atoms with Gasteiger partial charge in [0.25, 0.3) is 5.91 Å². The van der Waals surface area contributed by atoms with Crippen molar-refractivity contribution in [2.24, 2.45) is 0 Å². The summed E-state index contributed by atoms with van der Waals surface area (Å²) in [4.78, 5) is 12.3. The van der Waals surface area contributed by atoms with Crippen LogP contribution in [-0.4, -0.2) is 46.9 Å². The van der Waals surface area contributed by atoms with E-state index in [1.165, 1.54) is 0 Å². The van der Waals surface area contributed by atoms with Gasteiger partial charge in [-0.2, -0.15) is 0 Å². The van der Waals surface area contributed by atoms with E-state index in [9.17, 15) is 9.18 Å². The number of aliphatic hydroxyl groups is 1. The zero-order valence-electron chi connectivity index (χ0n) is 6.29. The minimum atomic E-state index is -0.691. The van der Waals surface area contributed by atoms with E-state index in [-0.39, 0.29) is 24.2 Å². The molecule has 0 aliphatic carbocycles. The Kier molecular flexibility index (Phi) is 2.93. The zero-order chi connectivity index (χ0) is 9.14. The Morgan fingerprint density at radius 3 is 2.83 bits per heavy atom. The summed E-state index contributed by atoms with van der Waals surface area (Å²) in [6.45, 7) is -0.991. The molecule has 1 aliphatic rings. The normalized spacial score (nSPS) is 23.2. The number of hydrogen-bond acceptors (Lipinski definition) is 3. The summed E-state index contributed by atoms with van der Waals surface area (Å²) in [7, 11) is 0. The fraction of sp³-hybridized carbons (Fsp3) is 0.667. The van der Waals surface area contributed by atoms with Crippen molar-refractivity contribution in [1.82, 2.24) is 10.2 Å². The molecule has 2 N–H and O–H groups in total. The molecule has 1 atom stereocenters. The van der Waals surface area contributed by atoms with Gasteiger partial charge in [-0.25, -0.2) is 4.39 Å². The van der Waals surface area contributed by atoms with Crippen molar-refractivity contribution in [1.29, 1.82) is 0 Å². The van der Waals surface area contributed by atoms with Crippen LogP contribution in [0.2, 0.25) is 0 Å². The first-order chi connectivity index (χ1) is 5.70. The highest BCUT2D eigenvalue weighted by Gasteiger charge is 2.34. The summed E-state index contributed by atoms with van der Waals surface area (Å²) >= 11 is 4.74. The standard InChI is InChI=1S/C6H9FN2O2S/c7-1-2-9-5(11)4(3-10)8-6(9)12/h4,10H,1-3H2,(H,8,12)/t4-/m0/s1. The van der Waals surface area contributed by atoms with Gasteiger partial charge in [-0.1, -0.05) is 0 Å². The summed E-state index contributed by atoms with van der Waals surface area (Å²) in [6, 6.07) is -0.691. The Morgan fingerprint density at radius 1 is 1.75 bits per heavy atom. The molecule has 0 saturated carbocycles. The summed E-state index contributed by atoms with van der Waals surface area (Å²) in [5.74, 6) is -0.361. The van der Waals surface area contributed by atoms with Gasteiger partial charge in [0.1, 0.15) is 12.7 Å². The second-order valence-corrected chi connectivity index (χ2v) is 2.75. The third-order valence-electron chi connectivity index (χ3n) is 1.60. The van der Waals surface area contributed by atoms with Crippen LogP contribution < -0.4 is 5.32 Å². The molecular weight excluding hydrogens is 183 g/mol. The molecule has 4 nitrogen and oxygen atoms in total. The SMILES string of the molecule is O=C1[C@H](CO)NC(=S)N1CCF. The molecule has 1 amide bonds. The second kappa shape index (κ2) is 3.77. The Hall–Kier alpha value is -0.750. The van der Waals surface area contributed by atoms with Crippen LogP contribution in [0, 0.1) is 0 Å². The minimum absolute atomic E-state index is 0.0405. The molecule has 0 aromatic rings. The Bertz CT molecular complexity index is 212. The summed E-state index contributed by atoms with van der Waals surface area (Å²) in [5.41, 5.74) is 0. The van der Waals surface area contributed by atoms with E-state index in [0.29, 0.717) is 0 Å². The molecule has 0 aromatic heterocycles. The highest BCUT2D eigenvalue weighted by molar-refractivity contribution is 7.80. The number of rotatable bonds is 3. The number of alkyl halides is 1. The van der Waals surface area contributed by atoms with Crippen molar-refractivity contribution in [3.8, 4) is 0 Å². The number of amides is 1. The largest absolute Gasteiger partial charge is 0.394 e. The van der Waals surface area contributed by atoms with E-state index in [2.05, 4.69) is 5.32 Å². The van der Waals surface area contributed by atoms with Gasteiger partial charge in [0, 0.05) is 0 Å². The number of carbonyl (C=O) groups is 1. The number of nitrogens with zero attached hydrogens (tertiary/aromatic N) is 1. The molecule has 12 heavy (non-hydrogen) atoms. The van der Waals surface area contributed by atoms with Crippen molar-refractivity contribution < 1.29 is 14.3 Å². The zero-order valence-corrected chi connectivity index (χ0v) is 7.10. The van der Waals surface area contributed by atoms with Crippen molar-refractivity contribution in [3.63, 3.8) is 0 Å². The molecule has 1 saturated heterocycles. The van der Waals surface area contributed by atoms with Gasteiger partial charge in [-0.05, 0) is 12.2 Å². The van der Waals surface area contributed by atoms with Crippen LogP contribution in [0.4, 0.5) is 4.39 Å². The molecule has 6 heteroatoms. The topological polar surface area (TPSA) is 52.6 Å². The van der Waals surface area contributed by atoms with Crippen molar-refractivity contribution in [3.05, 3.63) is 0 Å². The lowest BCUT2D eigenvalue weighted by molar-refractivity contribution is -0.127. The molecule has 0 unspecified atom stereocenters. The first-order valence-electron chi connectivity index (χ1n) is 3.49. The number of thiocarbonyl (C=S) groups is 1. The van der Waals surface area contributed by atoms with E-state index in [4.69, 9.17) is 17.3 Å². The first kappa shape index (κ1) is 9.34. The lowest BCUT2D eigenvalue weighted by Gasteiger charge is -2.11.